The van der Waals surface area contributed by atoms with Crippen molar-refractivity contribution in [2.45, 2.75) is 13.3 Å². The first-order chi connectivity index (χ1) is 8.13. The summed E-state index contributed by atoms with van der Waals surface area (Å²) in [6.07, 6.45) is 0.737. The quantitative estimate of drug-likeness (QED) is 0.602. The van der Waals surface area contributed by atoms with Crippen molar-refractivity contribution in [2.24, 2.45) is 0 Å². The summed E-state index contributed by atoms with van der Waals surface area (Å²) in [4.78, 5) is 11.6. The summed E-state index contributed by atoms with van der Waals surface area (Å²) in [5.74, 6) is 1.26. The van der Waals surface area contributed by atoms with Crippen LogP contribution in [0, 0.1) is 10.5 Å². The molecular weight excluding hydrogens is 349 g/mol. The van der Waals surface area contributed by atoms with Crippen LogP contribution in [0.1, 0.15) is 12.0 Å². The molecule has 0 aliphatic heterocycles. The maximum atomic E-state index is 11.6. The van der Waals surface area contributed by atoms with Gasteiger partial charge in [0.25, 0.3) is 0 Å². The Labute approximate surface area is 120 Å². The summed E-state index contributed by atoms with van der Waals surface area (Å²) in [5.41, 5.74) is 1.95. The number of carbonyl (C=O) groups excluding carboxylic acids is 1. The highest BCUT2D eigenvalue weighted by Crippen LogP contribution is 2.18. The summed E-state index contributed by atoms with van der Waals surface area (Å²) in [6.45, 7) is 2.17. The van der Waals surface area contributed by atoms with Crippen LogP contribution in [0.25, 0.3) is 0 Å². The fourth-order valence-corrected chi connectivity index (χ4v) is 2.67. The third kappa shape index (κ3) is 5.74. The van der Waals surface area contributed by atoms with Crippen molar-refractivity contribution in [3.63, 3.8) is 0 Å². The van der Waals surface area contributed by atoms with Gasteiger partial charge in [-0.25, -0.2) is 0 Å². The van der Waals surface area contributed by atoms with Gasteiger partial charge in [0.05, 0.1) is 5.75 Å². The Bertz CT molecular complexity index is 385. The molecule has 0 saturated carbocycles. The maximum Gasteiger partial charge on any atom is 0.234 e. The number of rotatable bonds is 6. The SMILES string of the molecule is Cc1cc(I)ccc1NC(=O)CSCCCO. The van der Waals surface area contributed by atoms with Crippen LogP contribution in [-0.4, -0.2) is 29.1 Å². The van der Waals surface area contributed by atoms with Crippen molar-refractivity contribution in [1.82, 2.24) is 0 Å². The van der Waals surface area contributed by atoms with Crippen molar-refractivity contribution in [3.8, 4) is 0 Å². The number of halogens is 1. The number of hydrogen-bond donors (Lipinski definition) is 2. The molecule has 0 fully saturated rings. The molecule has 0 aromatic heterocycles. The van der Waals surface area contributed by atoms with Crippen molar-refractivity contribution >= 4 is 45.9 Å². The van der Waals surface area contributed by atoms with Crippen LogP contribution in [-0.2, 0) is 4.79 Å². The van der Waals surface area contributed by atoms with E-state index in [4.69, 9.17) is 5.11 Å². The van der Waals surface area contributed by atoms with E-state index in [1.165, 1.54) is 0 Å². The Morgan fingerprint density at radius 2 is 2.29 bits per heavy atom. The van der Waals surface area contributed by atoms with Crippen molar-refractivity contribution < 1.29 is 9.90 Å². The second kappa shape index (κ2) is 7.94. The fourth-order valence-electron chi connectivity index (χ4n) is 1.29. The minimum atomic E-state index is 0.0113. The van der Waals surface area contributed by atoms with Crippen LogP contribution in [0.2, 0.25) is 0 Å². The summed E-state index contributed by atoms with van der Waals surface area (Å²) in [7, 11) is 0. The van der Waals surface area contributed by atoms with Gasteiger partial charge in [-0.1, -0.05) is 0 Å². The highest BCUT2D eigenvalue weighted by Gasteiger charge is 2.04. The monoisotopic (exact) mass is 365 g/mol. The molecule has 94 valence electrons. The lowest BCUT2D eigenvalue weighted by atomic mass is 10.2. The van der Waals surface area contributed by atoms with Gasteiger partial charge >= 0.3 is 0 Å². The van der Waals surface area contributed by atoms with Gasteiger partial charge in [-0.15, -0.1) is 0 Å². The van der Waals surface area contributed by atoms with Gasteiger partial charge in [0, 0.05) is 15.9 Å². The van der Waals surface area contributed by atoms with Crippen LogP contribution in [0.15, 0.2) is 18.2 Å². The van der Waals surface area contributed by atoms with Gasteiger partial charge < -0.3 is 10.4 Å². The third-order valence-electron chi connectivity index (χ3n) is 2.14. The number of benzene rings is 1. The molecule has 1 amide bonds. The normalized spacial score (nSPS) is 10.3. The highest BCUT2D eigenvalue weighted by atomic mass is 127. The number of aryl methyl sites for hydroxylation is 1. The molecule has 3 nitrogen and oxygen atoms in total. The van der Waals surface area contributed by atoms with Crippen molar-refractivity contribution in [1.29, 1.82) is 0 Å². The second-order valence-corrected chi connectivity index (χ2v) is 5.99. The van der Waals surface area contributed by atoms with E-state index < -0.39 is 0 Å². The minimum Gasteiger partial charge on any atom is -0.396 e. The van der Waals surface area contributed by atoms with Crippen LogP contribution < -0.4 is 5.32 Å². The predicted molar refractivity (Wildman–Crippen MR) is 81.6 cm³/mol. The number of hydrogen-bond acceptors (Lipinski definition) is 3. The molecule has 0 bridgehead atoms. The fraction of sp³-hybridized carbons (Fsp3) is 0.417. The van der Waals surface area contributed by atoms with E-state index in [0.29, 0.717) is 5.75 Å². The average Bonchev–Trinajstić information content (AvgIpc) is 2.28. The number of aliphatic hydroxyl groups is 1. The molecule has 0 aliphatic rings. The number of thioether (sulfide) groups is 1. The molecule has 1 aromatic carbocycles. The van der Waals surface area contributed by atoms with Crippen molar-refractivity contribution in [2.75, 3.05) is 23.4 Å². The van der Waals surface area contributed by atoms with Crippen LogP contribution >= 0.6 is 34.4 Å². The third-order valence-corrected chi connectivity index (χ3v) is 3.86. The molecule has 2 N–H and O–H groups in total. The first kappa shape index (κ1) is 14.8. The van der Waals surface area contributed by atoms with E-state index in [9.17, 15) is 4.79 Å². The van der Waals surface area contributed by atoms with Crippen LogP contribution in [0.4, 0.5) is 5.69 Å². The number of carbonyl (C=O) groups is 1. The van der Waals surface area contributed by atoms with Gasteiger partial charge in [-0.2, -0.15) is 11.8 Å². The van der Waals surface area contributed by atoms with Crippen LogP contribution in [0.3, 0.4) is 0 Å². The highest BCUT2D eigenvalue weighted by molar-refractivity contribution is 14.1. The van der Waals surface area contributed by atoms with E-state index in [1.807, 2.05) is 25.1 Å². The lowest BCUT2D eigenvalue weighted by Gasteiger charge is -2.08. The summed E-state index contributed by atoms with van der Waals surface area (Å²) < 4.78 is 1.16. The molecule has 0 unspecified atom stereocenters. The molecule has 0 atom stereocenters. The molecule has 17 heavy (non-hydrogen) atoms. The van der Waals surface area contributed by atoms with Gasteiger partial charge in [0.15, 0.2) is 0 Å². The summed E-state index contributed by atoms with van der Waals surface area (Å²) in [5, 5.41) is 11.5. The molecule has 1 rings (SSSR count). The molecule has 5 heteroatoms. The van der Waals surface area contributed by atoms with Crippen molar-refractivity contribution in [3.05, 3.63) is 27.3 Å². The Morgan fingerprint density at radius 1 is 1.53 bits per heavy atom. The topological polar surface area (TPSA) is 49.3 Å². The Kier molecular flexibility index (Phi) is 6.91. The zero-order valence-electron chi connectivity index (χ0n) is 9.70. The molecule has 0 radical (unpaired) electrons. The number of anilines is 1. The number of nitrogens with one attached hydrogen (secondary N) is 1. The minimum absolute atomic E-state index is 0.0113. The summed E-state index contributed by atoms with van der Waals surface area (Å²) >= 11 is 3.79. The van der Waals surface area contributed by atoms with Gasteiger partial charge in [0.2, 0.25) is 5.91 Å². The Balaban J connectivity index is 2.40. The van der Waals surface area contributed by atoms with E-state index in [-0.39, 0.29) is 12.5 Å². The smallest absolute Gasteiger partial charge is 0.234 e. The maximum absolute atomic E-state index is 11.6. The Morgan fingerprint density at radius 3 is 2.94 bits per heavy atom. The molecule has 0 heterocycles. The average molecular weight is 365 g/mol. The zero-order chi connectivity index (χ0) is 12.7. The first-order valence-corrected chi connectivity index (χ1v) is 7.61. The van der Waals surface area contributed by atoms with E-state index >= 15 is 0 Å². The standard InChI is InChI=1S/C12H16INO2S/c1-9-7-10(13)3-4-11(9)14-12(16)8-17-6-2-5-15/h3-4,7,15H,2,5-6,8H2,1H3,(H,14,16). The predicted octanol–water partition coefficient (Wildman–Crippen LogP) is 2.65. The molecule has 0 aliphatic carbocycles. The van der Waals surface area contributed by atoms with E-state index in [1.54, 1.807) is 11.8 Å². The second-order valence-electron chi connectivity index (χ2n) is 3.64. The van der Waals surface area contributed by atoms with Gasteiger partial charge in [0.1, 0.15) is 0 Å². The lowest BCUT2D eigenvalue weighted by Crippen LogP contribution is -2.15. The number of aliphatic hydroxyl groups excluding tert-OH is 1. The summed E-state index contributed by atoms with van der Waals surface area (Å²) in [6, 6.07) is 5.94. The Hall–Kier alpha value is -0.270. The molecule has 0 spiro atoms. The largest absolute Gasteiger partial charge is 0.396 e. The van der Waals surface area contributed by atoms with Gasteiger partial charge in [-0.05, 0) is 65.5 Å². The van der Waals surface area contributed by atoms with Gasteiger partial charge in [-0.3, -0.25) is 4.79 Å². The van der Waals surface area contributed by atoms with E-state index in [2.05, 4.69) is 27.9 Å². The molecule has 0 saturated heterocycles. The molecule has 1 aromatic rings. The lowest BCUT2D eigenvalue weighted by molar-refractivity contribution is -0.113. The van der Waals surface area contributed by atoms with E-state index in [0.717, 1.165) is 27.0 Å². The number of amides is 1. The first-order valence-electron chi connectivity index (χ1n) is 5.38. The molecular formula is C12H16INO2S. The zero-order valence-corrected chi connectivity index (χ0v) is 12.7. The van der Waals surface area contributed by atoms with Crippen LogP contribution in [0.5, 0.6) is 0 Å².